The Balaban J connectivity index is 1.55. The minimum absolute atomic E-state index is 0.119. The molecule has 0 unspecified atom stereocenters. The van der Waals surface area contributed by atoms with Gasteiger partial charge in [0.25, 0.3) is 5.56 Å². The Hall–Kier alpha value is -3.48. The number of aryl methyl sites for hydroxylation is 1. The van der Waals surface area contributed by atoms with Gasteiger partial charge in [-0.25, -0.2) is 9.97 Å². The first-order valence-corrected chi connectivity index (χ1v) is 11.1. The van der Waals surface area contributed by atoms with E-state index in [4.69, 9.17) is 4.98 Å². The van der Waals surface area contributed by atoms with E-state index in [1.807, 2.05) is 36.4 Å². The van der Waals surface area contributed by atoms with Crippen molar-refractivity contribution >= 4 is 27.8 Å². The van der Waals surface area contributed by atoms with E-state index in [0.29, 0.717) is 10.9 Å². The van der Waals surface area contributed by atoms with Gasteiger partial charge in [-0.1, -0.05) is 38.1 Å². The van der Waals surface area contributed by atoms with Crippen LogP contribution in [-0.2, 0) is 11.3 Å². The number of imidazole rings is 1. The van der Waals surface area contributed by atoms with Crippen molar-refractivity contribution in [3.8, 4) is 0 Å². The molecule has 0 spiro atoms. The molecule has 4 rings (SSSR count). The second-order valence-corrected chi connectivity index (χ2v) is 8.72. The summed E-state index contributed by atoms with van der Waals surface area (Å²) in [7, 11) is 0. The fourth-order valence-electron chi connectivity index (χ4n) is 4.09. The number of amides is 1. The SMILES string of the molecule is CC(C)[C@H](NC(=O)CCn1cnc2ccccc2c1=O)c1nc2ccccc2n1C(C)C. The minimum Gasteiger partial charge on any atom is -0.346 e. The molecule has 2 aromatic heterocycles. The molecule has 7 nitrogen and oxygen atoms in total. The summed E-state index contributed by atoms with van der Waals surface area (Å²) in [6.45, 7) is 8.67. The first kappa shape index (κ1) is 21.7. The van der Waals surface area contributed by atoms with E-state index in [-0.39, 0.29) is 42.4 Å². The van der Waals surface area contributed by atoms with Crippen LogP contribution in [0.4, 0.5) is 0 Å². The van der Waals surface area contributed by atoms with E-state index in [1.54, 1.807) is 6.07 Å². The molecule has 32 heavy (non-hydrogen) atoms. The van der Waals surface area contributed by atoms with E-state index in [1.165, 1.54) is 10.9 Å². The summed E-state index contributed by atoms with van der Waals surface area (Å²) in [6, 6.07) is 15.2. The van der Waals surface area contributed by atoms with E-state index < -0.39 is 0 Å². The van der Waals surface area contributed by atoms with E-state index in [9.17, 15) is 9.59 Å². The van der Waals surface area contributed by atoms with Gasteiger partial charge in [0.05, 0.1) is 34.3 Å². The molecule has 0 saturated heterocycles. The summed E-state index contributed by atoms with van der Waals surface area (Å²) in [6.07, 6.45) is 1.70. The number of nitrogens with zero attached hydrogens (tertiary/aromatic N) is 4. The number of hydrogen-bond donors (Lipinski definition) is 1. The highest BCUT2D eigenvalue weighted by Gasteiger charge is 2.26. The average molecular weight is 432 g/mol. The second-order valence-electron chi connectivity index (χ2n) is 8.72. The second kappa shape index (κ2) is 8.94. The highest BCUT2D eigenvalue weighted by atomic mass is 16.2. The summed E-state index contributed by atoms with van der Waals surface area (Å²) < 4.78 is 3.69. The van der Waals surface area contributed by atoms with Crippen LogP contribution in [0.1, 0.15) is 52.0 Å². The lowest BCUT2D eigenvalue weighted by molar-refractivity contribution is -0.122. The number of carbonyl (C=O) groups is 1. The van der Waals surface area contributed by atoms with Crippen LogP contribution >= 0.6 is 0 Å². The van der Waals surface area contributed by atoms with Gasteiger partial charge in [0.2, 0.25) is 5.91 Å². The molecular formula is C25H29N5O2. The van der Waals surface area contributed by atoms with Crippen molar-refractivity contribution < 1.29 is 4.79 Å². The van der Waals surface area contributed by atoms with Crippen molar-refractivity contribution in [2.45, 2.75) is 52.7 Å². The van der Waals surface area contributed by atoms with Crippen LogP contribution in [-0.4, -0.2) is 25.0 Å². The summed E-state index contributed by atoms with van der Waals surface area (Å²) in [5, 5.41) is 3.71. The molecule has 1 atom stereocenters. The summed E-state index contributed by atoms with van der Waals surface area (Å²) in [5.74, 6) is 0.888. The fourth-order valence-corrected chi connectivity index (χ4v) is 4.09. The van der Waals surface area contributed by atoms with Crippen LogP contribution < -0.4 is 10.9 Å². The highest BCUT2D eigenvalue weighted by molar-refractivity contribution is 5.79. The maximum absolute atomic E-state index is 12.9. The average Bonchev–Trinajstić information content (AvgIpc) is 3.16. The summed E-state index contributed by atoms with van der Waals surface area (Å²) in [5.41, 5.74) is 2.51. The number of aromatic nitrogens is 4. The van der Waals surface area contributed by atoms with Crippen molar-refractivity contribution in [1.29, 1.82) is 0 Å². The zero-order valence-electron chi connectivity index (χ0n) is 18.9. The number of nitrogens with one attached hydrogen (secondary N) is 1. The molecule has 0 radical (unpaired) electrons. The van der Waals surface area contributed by atoms with Gasteiger partial charge in [0.1, 0.15) is 5.82 Å². The molecule has 0 saturated carbocycles. The van der Waals surface area contributed by atoms with Crippen molar-refractivity contribution in [3.63, 3.8) is 0 Å². The van der Waals surface area contributed by atoms with Gasteiger partial charge in [0, 0.05) is 19.0 Å². The Morgan fingerprint density at radius 3 is 2.41 bits per heavy atom. The molecule has 2 heterocycles. The number of para-hydroxylation sites is 3. The van der Waals surface area contributed by atoms with Crippen molar-refractivity contribution in [3.05, 3.63) is 71.0 Å². The Morgan fingerprint density at radius 1 is 1.00 bits per heavy atom. The van der Waals surface area contributed by atoms with Crippen LogP contribution in [0.5, 0.6) is 0 Å². The van der Waals surface area contributed by atoms with Crippen molar-refractivity contribution in [1.82, 2.24) is 24.4 Å². The number of hydrogen-bond acceptors (Lipinski definition) is 4. The molecule has 7 heteroatoms. The third kappa shape index (κ3) is 4.15. The lowest BCUT2D eigenvalue weighted by Crippen LogP contribution is -2.35. The monoisotopic (exact) mass is 431 g/mol. The van der Waals surface area contributed by atoms with Gasteiger partial charge in [-0.2, -0.15) is 0 Å². The molecule has 0 bridgehead atoms. The van der Waals surface area contributed by atoms with Gasteiger partial charge in [-0.3, -0.25) is 14.2 Å². The lowest BCUT2D eigenvalue weighted by atomic mass is 10.0. The number of benzene rings is 2. The first-order chi connectivity index (χ1) is 15.4. The van der Waals surface area contributed by atoms with Gasteiger partial charge >= 0.3 is 0 Å². The Kier molecular flexibility index (Phi) is 6.08. The molecule has 4 aromatic rings. The molecule has 2 aromatic carbocycles. The Bertz CT molecular complexity index is 1320. The molecule has 1 N–H and O–H groups in total. The predicted octanol–water partition coefficient (Wildman–Crippen LogP) is 4.23. The van der Waals surface area contributed by atoms with Crippen molar-refractivity contribution in [2.24, 2.45) is 5.92 Å². The molecule has 0 aliphatic carbocycles. The molecular weight excluding hydrogens is 402 g/mol. The van der Waals surface area contributed by atoms with Crippen LogP contribution in [0.15, 0.2) is 59.7 Å². The molecule has 0 aliphatic rings. The molecule has 0 fully saturated rings. The maximum Gasteiger partial charge on any atom is 0.261 e. The zero-order valence-corrected chi connectivity index (χ0v) is 18.9. The van der Waals surface area contributed by atoms with Gasteiger partial charge in [-0.05, 0) is 44.0 Å². The minimum atomic E-state index is -0.233. The Labute approximate surface area is 187 Å². The van der Waals surface area contributed by atoms with Crippen LogP contribution in [0.2, 0.25) is 0 Å². The third-order valence-corrected chi connectivity index (χ3v) is 5.71. The van der Waals surface area contributed by atoms with Crippen LogP contribution in [0.3, 0.4) is 0 Å². The molecule has 0 aliphatic heterocycles. The summed E-state index contributed by atoms with van der Waals surface area (Å²) >= 11 is 0. The van der Waals surface area contributed by atoms with Gasteiger partial charge in [-0.15, -0.1) is 0 Å². The number of rotatable bonds is 7. The number of fused-ring (bicyclic) bond motifs is 2. The topological polar surface area (TPSA) is 81.8 Å². The lowest BCUT2D eigenvalue weighted by Gasteiger charge is -2.25. The zero-order chi connectivity index (χ0) is 22.8. The molecule has 1 amide bonds. The van der Waals surface area contributed by atoms with Crippen molar-refractivity contribution in [2.75, 3.05) is 0 Å². The van der Waals surface area contributed by atoms with Gasteiger partial charge in [0.15, 0.2) is 0 Å². The smallest absolute Gasteiger partial charge is 0.261 e. The van der Waals surface area contributed by atoms with Gasteiger partial charge < -0.3 is 9.88 Å². The quantitative estimate of drug-likeness (QED) is 0.475. The van der Waals surface area contributed by atoms with Crippen LogP contribution in [0, 0.1) is 5.92 Å². The largest absolute Gasteiger partial charge is 0.346 e. The normalized spacial score (nSPS) is 12.7. The standard InChI is InChI=1S/C25H29N5O2/c1-16(2)23(24-27-20-11-7-8-12-21(20)30(24)17(3)4)28-22(31)13-14-29-15-26-19-10-6-5-9-18(19)25(29)32/h5-12,15-17,23H,13-14H2,1-4H3,(H,28,31)/t23-/m0/s1. The van der Waals surface area contributed by atoms with E-state index in [2.05, 4.69) is 48.6 Å². The first-order valence-electron chi connectivity index (χ1n) is 11.1. The van der Waals surface area contributed by atoms with E-state index in [0.717, 1.165) is 16.9 Å². The third-order valence-electron chi connectivity index (χ3n) is 5.71. The highest BCUT2D eigenvalue weighted by Crippen LogP contribution is 2.28. The molecule has 166 valence electrons. The number of carbonyl (C=O) groups excluding carboxylic acids is 1. The van der Waals surface area contributed by atoms with E-state index >= 15 is 0 Å². The maximum atomic E-state index is 12.9. The summed E-state index contributed by atoms with van der Waals surface area (Å²) in [4.78, 5) is 34.8. The van der Waals surface area contributed by atoms with Crippen LogP contribution in [0.25, 0.3) is 21.9 Å². The predicted molar refractivity (Wildman–Crippen MR) is 126 cm³/mol. The fraction of sp³-hybridized carbons (Fsp3) is 0.360. The Morgan fingerprint density at radius 2 is 1.69 bits per heavy atom.